The van der Waals surface area contributed by atoms with Crippen molar-refractivity contribution in [3.63, 3.8) is 0 Å². The first-order valence-electron chi connectivity index (χ1n) is 4.11. The number of carbonyl (C=O) groups excluding carboxylic acids is 1. The Balaban J connectivity index is 2.99. The number of aryl methyl sites for hydroxylation is 1. The van der Waals surface area contributed by atoms with Crippen molar-refractivity contribution in [1.82, 2.24) is 9.78 Å². The third-order valence-electron chi connectivity index (χ3n) is 1.79. The molecule has 1 heterocycles. The van der Waals surface area contributed by atoms with E-state index in [1.54, 1.807) is 4.68 Å². The van der Waals surface area contributed by atoms with E-state index in [0.29, 0.717) is 12.3 Å². The minimum Gasteiger partial charge on any atom is -0.303 e. The maximum Gasteiger partial charge on any atom is 0.124 e. The fourth-order valence-corrected chi connectivity index (χ4v) is 1.29. The molecule has 1 aromatic heterocycles. The van der Waals surface area contributed by atoms with E-state index in [1.807, 2.05) is 13.2 Å². The first-order valence-corrected chi connectivity index (χ1v) is 4.11. The standard InChI is InChI=1S/C9H14N2O/c1-7(2)9-8(4-5-12)6-11(3)10-9/h5-7H,4H2,1-3H3. The fourth-order valence-electron chi connectivity index (χ4n) is 1.29. The van der Waals surface area contributed by atoms with E-state index in [0.717, 1.165) is 17.5 Å². The smallest absolute Gasteiger partial charge is 0.124 e. The Morgan fingerprint density at radius 2 is 2.33 bits per heavy atom. The fraction of sp³-hybridized carbons (Fsp3) is 0.556. The zero-order valence-electron chi connectivity index (χ0n) is 7.74. The van der Waals surface area contributed by atoms with E-state index in [1.165, 1.54) is 0 Å². The minimum absolute atomic E-state index is 0.390. The summed E-state index contributed by atoms with van der Waals surface area (Å²) in [5.74, 6) is 0.390. The normalized spacial score (nSPS) is 10.7. The van der Waals surface area contributed by atoms with Crippen LogP contribution in [0.4, 0.5) is 0 Å². The number of hydrogen-bond donors (Lipinski definition) is 0. The first-order chi connectivity index (χ1) is 5.65. The molecular formula is C9H14N2O. The lowest BCUT2D eigenvalue weighted by Crippen LogP contribution is -1.95. The summed E-state index contributed by atoms with van der Waals surface area (Å²) < 4.78 is 1.76. The molecule has 0 amide bonds. The quantitative estimate of drug-likeness (QED) is 0.634. The summed E-state index contributed by atoms with van der Waals surface area (Å²) in [6, 6.07) is 0. The molecule has 0 unspecified atom stereocenters. The predicted octanol–water partition coefficient (Wildman–Crippen LogP) is 1.28. The topological polar surface area (TPSA) is 34.9 Å². The van der Waals surface area contributed by atoms with Gasteiger partial charge in [0, 0.05) is 25.2 Å². The number of nitrogens with zero attached hydrogens (tertiary/aromatic N) is 2. The third-order valence-corrected chi connectivity index (χ3v) is 1.79. The van der Waals surface area contributed by atoms with Gasteiger partial charge in [0.15, 0.2) is 0 Å². The summed E-state index contributed by atoms with van der Waals surface area (Å²) in [5, 5.41) is 4.29. The highest BCUT2D eigenvalue weighted by Crippen LogP contribution is 2.16. The summed E-state index contributed by atoms with van der Waals surface area (Å²) in [6.45, 7) is 4.16. The molecule has 0 radical (unpaired) electrons. The lowest BCUT2D eigenvalue weighted by Gasteiger charge is -2.00. The van der Waals surface area contributed by atoms with E-state index >= 15 is 0 Å². The van der Waals surface area contributed by atoms with Gasteiger partial charge in [-0.15, -0.1) is 0 Å². The zero-order valence-corrected chi connectivity index (χ0v) is 7.74. The second kappa shape index (κ2) is 3.52. The molecule has 0 saturated heterocycles. The molecule has 0 aliphatic carbocycles. The summed E-state index contributed by atoms with van der Waals surface area (Å²) in [6.07, 6.45) is 3.30. The van der Waals surface area contributed by atoms with Crippen LogP contribution in [0.2, 0.25) is 0 Å². The molecule has 0 saturated carbocycles. The van der Waals surface area contributed by atoms with Crippen LogP contribution in [0.15, 0.2) is 6.20 Å². The predicted molar refractivity (Wildman–Crippen MR) is 47.1 cm³/mol. The van der Waals surface area contributed by atoms with Gasteiger partial charge in [0.05, 0.1) is 5.69 Å². The molecule has 1 rings (SSSR count). The van der Waals surface area contributed by atoms with Crippen LogP contribution in [0.5, 0.6) is 0 Å². The van der Waals surface area contributed by atoms with Gasteiger partial charge >= 0.3 is 0 Å². The van der Waals surface area contributed by atoms with E-state index in [9.17, 15) is 4.79 Å². The van der Waals surface area contributed by atoms with Crippen LogP contribution in [0, 0.1) is 0 Å². The average Bonchev–Trinajstić information content (AvgIpc) is 2.32. The Kier molecular flexibility index (Phi) is 2.63. The number of carbonyl (C=O) groups is 1. The maximum absolute atomic E-state index is 10.3. The molecular weight excluding hydrogens is 152 g/mol. The van der Waals surface area contributed by atoms with Crippen LogP contribution in [0.25, 0.3) is 0 Å². The largest absolute Gasteiger partial charge is 0.303 e. The van der Waals surface area contributed by atoms with Crippen molar-refractivity contribution >= 4 is 6.29 Å². The maximum atomic E-state index is 10.3. The van der Waals surface area contributed by atoms with Gasteiger partial charge in [-0.1, -0.05) is 13.8 Å². The van der Waals surface area contributed by atoms with Crippen LogP contribution in [-0.4, -0.2) is 16.1 Å². The number of rotatable bonds is 3. The summed E-state index contributed by atoms with van der Waals surface area (Å²) in [4.78, 5) is 10.3. The molecule has 0 N–H and O–H groups in total. The van der Waals surface area contributed by atoms with Crippen LogP contribution < -0.4 is 0 Å². The molecule has 0 atom stereocenters. The first kappa shape index (κ1) is 8.97. The van der Waals surface area contributed by atoms with E-state index in [2.05, 4.69) is 18.9 Å². The van der Waals surface area contributed by atoms with Gasteiger partial charge < -0.3 is 4.79 Å². The molecule has 1 aromatic rings. The number of hydrogen-bond acceptors (Lipinski definition) is 2. The van der Waals surface area contributed by atoms with E-state index in [-0.39, 0.29) is 0 Å². The van der Waals surface area contributed by atoms with E-state index < -0.39 is 0 Å². The zero-order chi connectivity index (χ0) is 9.14. The van der Waals surface area contributed by atoms with Crippen molar-refractivity contribution in [2.75, 3.05) is 0 Å². The van der Waals surface area contributed by atoms with Gasteiger partial charge in [0.1, 0.15) is 6.29 Å². The molecule has 0 bridgehead atoms. The van der Waals surface area contributed by atoms with Crippen molar-refractivity contribution in [3.8, 4) is 0 Å². The van der Waals surface area contributed by atoms with Crippen molar-refractivity contribution in [2.24, 2.45) is 7.05 Å². The van der Waals surface area contributed by atoms with Crippen molar-refractivity contribution in [3.05, 3.63) is 17.5 Å². The molecule has 3 heteroatoms. The Morgan fingerprint density at radius 3 is 2.83 bits per heavy atom. The number of aromatic nitrogens is 2. The molecule has 0 aromatic carbocycles. The highest BCUT2D eigenvalue weighted by molar-refractivity contribution is 5.55. The van der Waals surface area contributed by atoms with Crippen molar-refractivity contribution in [1.29, 1.82) is 0 Å². The monoisotopic (exact) mass is 166 g/mol. The summed E-state index contributed by atoms with van der Waals surface area (Å²) in [5.41, 5.74) is 2.08. The summed E-state index contributed by atoms with van der Waals surface area (Å²) in [7, 11) is 1.88. The highest BCUT2D eigenvalue weighted by Gasteiger charge is 2.09. The van der Waals surface area contributed by atoms with Crippen LogP contribution in [0.3, 0.4) is 0 Å². The molecule has 0 aliphatic rings. The second-order valence-corrected chi connectivity index (χ2v) is 3.24. The molecule has 66 valence electrons. The molecule has 3 nitrogen and oxygen atoms in total. The van der Waals surface area contributed by atoms with Gasteiger partial charge in [-0.25, -0.2) is 0 Å². The molecule has 0 fully saturated rings. The Morgan fingerprint density at radius 1 is 1.67 bits per heavy atom. The number of aldehydes is 1. The molecule has 12 heavy (non-hydrogen) atoms. The Labute approximate surface area is 72.4 Å². The SMILES string of the molecule is CC(C)c1nn(C)cc1CC=O. The third kappa shape index (κ3) is 1.72. The van der Waals surface area contributed by atoms with Crippen LogP contribution in [-0.2, 0) is 18.3 Å². The van der Waals surface area contributed by atoms with Crippen LogP contribution >= 0.6 is 0 Å². The average molecular weight is 166 g/mol. The molecule has 0 spiro atoms. The van der Waals surface area contributed by atoms with E-state index in [4.69, 9.17) is 0 Å². The lowest BCUT2D eigenvalue weighted by molar-refractivity contribution is -0.107. The van der Waals surface area contributed by atoms with Crippen molar-refractivity contribution in [2.45, 2.75) is 26.2 Å². The van der Waals surface area contributed by atoms with Gasteiger partial charge in [-0.05, 0) is 5.92 Å². The minimum atomic E-state index is 0.390. The highest BCUT2D eigenvalue weighted by atomic mass is 16.1. The Bertz CT molecular complexity index is 276. The van der Waals surface area contributed by atoms with Crippen molar-refractivity contribution < 1.29 is 4.79 Å². The lowest BCUT2D eigenvalue weighted by atomic mass is 10.1. The Hall–Kier alpha value is -1.12. The van der Waals surface area contributed by atoms with Gasteiger partial charge in [0.25, 0.3) is 0 Å². The van der Waals surface area contributed by atoms with Gasteiger partial charge in [-0.2, -0.15) is 5.10 Å². The summed E-state index contributed by atoms with van der Waals surface area (Å²) >= 11 is 0. The van der Waals surface area contributed by atoms with Crippen LogP contribution in [0.1, 0.15) is 31.0 Å². The molecule has 0 aliphatic heterocycles. The van der Waals surface area contributed by atoms with Gasteiger partial charge in [-0.3, -0.25) is 4.68 Å². The van der Waals surface area contributed by atoms with Gasteiger partial charge in [0.2, 0.25) is 0 Å². The second-order valence-electron chi connectivity index (χ2n) is 3.24.